The first-order valence-corrected chi connectivity index (χ1v) is 9.61. The molecule has 0 aromatic heterocycles. The van der Waals surface area contributed by atoms with Gasteiger partial charge in [0.05, 0.1) is 19.0 Å². The van der Waals surface area contributed by atoms with E-state index in [1.165, 1.54) is 11.1 Å². The normalized spacial score (nSPS) is 11.8. The number of anilines is 1. The SMILES string of the molecule is CCCc1ccc([C@@H](NCC(=O)Nc2ccc(CC#N)cc2)C(C)C)cc1. The molecule has 2 aromatic carbocycles. The molecule has 0 saturated carbocycles. The molecule has 0 fully saturated rings. The van der Waals surface area contributed by atoms with Gasteiger partial charge in [0.1, 0.15) is 0 Å². The van der Waals surface area contributed by atoms with E-state index in [4.69, 9.17) is 5.26 Å². The number of nitrogens with one attached hydrogen (secondary N) is 2. The van der Waals surface area contributed by atoms with Gasteiger partial charge in [-0.2, -0.15) is 5.26 Å². The van der Waals surface area contributed by atoms with Crippen molar-refractivity contribution < 1.29 is 4.79 Å². The third-order valence-electron chi connectivity index (χ3n) is 4.55. The van der Waals surface area contributed by atoms with Gasteiger partial charge in [-0.05, 0) is 41.2 Å². The third-order valence-corrected chi connectivity index (χ3v) is 4.55. The van der Waals surface area contributed by atoms with Gasteiger partial charge in [-0.3, -0.25) is 4.79 Å². The molecule has 2 aromatic rings. The second-order valence-corrected chi connectivity index (χ2v) is 7.17. The summed E-state index contributed by atoms with van der Waals surface area (Å²) in [6.07, 6.45) is 2.61. The van der Waals surface area contributed by atoms with Crippen molar-refractivity contribution in [3.8, 4) is 6.07 Å². The first kappa shape index (κ1) is 20.7. The minimum atomic E-state index is -0.0729. The molecule has 0 heterocycles. The van der Waals surface area contributed by atoms with Gasteiger partial charge in [-0.15, -0.1) is 0 Å². The number of aryl methyl sites for hydroxylation is 1. The molecule has 0 spiro atoms. The summed E-state index contributed by atoms with van der Waals surface area (Å²) >= 11 is 0. The maximum absolute atomic E-state index is 12.3. The van der Waals surface area contributed by atoms with Gasteiger partial charge in [0.2, 0.25) is 5.91 Å². The molecule has 0 aliphatic heterocycles. The predicted octanol–water partition coefficient (Wildman–Crippen LogP) is 4.63. The summed E-state index contributed by atoms with van der Waals surface area (Å²) in [5.41, 5.74) is 4.24. The summed E-state index contributed by atoms with van der Waals surface area (Å²) in [4.78, 5) is 12.3. The van der Waals surface area contributed by atoms with E-state index in [-0.39, 0.29) is 18.5 Å². The van der Waals surface area contributed by atoms with Crippen LogP contribution in [-0.4, -0.2) is 12.5 Å². The fourth-order valence-electron chi connectivity index (χ4n) is 3.12. The van der Waals surface area contributed by atoms with Crippen LogP contribution >= 0.6 is 0 Å². The standard InChI is InChI=1S/C23H29N3O/c1-4-5-18-6-10-20(11-7-18)23(17(2)3)25-16-22(27)26-21-12-8-19(9-13-21)14-15-24/h6-13,17,23,25H,4-5,14,16H2,1-3H3,(H,26,27)/t23-/m0/s1. The third kappa shape index (κ3) is 6.54. The van der Waals surface area contributed by atoms with E-state index in [0.29, 0.717) is 12.3 Å². The number of carbonyl (C=O) groups excluding carboxylic acids is 1. The Labute approximate surface area is 162 Å². The van der Waals surface area contributed by atoms with Crippen LogP contribution in [-0.2, 0) is 17.6 Å². The van der Waals surface area contributed by atoms with E-state index in [1.807, 2.05) is 24.3 Å². The maximum atomic E-state index is 12.3. The number of benzene rings is 2. The molecule has 1 amide bonds. The molecular weight excluding hydrogens is 334 g/mol. The quantitative estimate of drug-likeness (QED) is 0.682. The van der Waals surface area contributed by atoms with Crippen LogP contribution in [0.25, 0.3) is 0 Å². The molecule has 4 nitrogen and oxygen atoms in total. The Morgan fingerprint density at radius 2 is 1.67 bits per heavy atom. The van der Waals surface area contributed by atoms with Crippen LogP contribution in [0.5, 0.6) is 0 Å². The molecule has 0 aliphatic carbocycles. The average Bonchev–Trinajstić information content (AvgIpc) is 2.65. The molecule has 4 heteroatoms. The highest BCUT2D eigenvalue weighted by Crippen LogP contribution is 2.22. The Morgan fingerprint density at radius 3 is 2.22 bits per heavy atom. The zero-order valence-corrected chi connectivity index (χ0v) is 16.5. The lowest BCUT2D eigenvalue weighted by Crippen LogP contribution is -2.33. The number of hydrogen-bond donors (Lipinski definition) is 2. The van der Waals surface area contributed by atoms with E-state index in [1.54, 1.807) is 0 Å². The Balaban J connectivity index is 1.92. The molecule has 0 radical (unpaired) electrons. The number of nitrogens with zero attached hydrogens (tertiary/aromatic N) is 1. The van der Waals surface area contributed by atoms with Crippen LogP contribution in [0, 0.1) is 17.2 Å². The Morgan fingerprint density at radius 1 is 1.04 bits per heavy atom. The van der Waals surface area contributed by atoms with E-state index < -0.39 is 0 Å². The summed E-state index contributed by atoms with van der Waals surface area (Å²) in [7, 11) is 0. The second kappa shape index (κ2) is 10.5. The smallest absolute Gasteiger partial charge is 0.238 e. The lowest BCUT2D eigenvalue weighted by atomic mass is 9.94. The number of rotatable bonds is 9. The van der Waals surface area contributed by atoms with Crippen molar-refractivity contribution in [2.75, 3.05) is 11.9 Å². The second-order valence-electron chi connectivity index (χ2n) is 7.17. The summed E-state index contributed by atoms with van der Waals surface area (Å²) in [6, 6.07) is 18.3. The van der Waals surface area contributed by atoms with E-state index >= 15 is 0 Å². The van der Waals surface area contributed by atoms with Crippen molar-refractivity contribution in [2.24, 2.45) is 5.92 Å². The number of nitriles is 1. The molecule has 1 atom stereocenters. The van der Waals surface area contributed by atoms with Gasteiger partial charge >= 0.3 is 0 Å². The van der Waals surface area contributed by atoms with Crippen molar-refractivity contribution >= 4 is 11.6 Å². The Hall–Kier alpha value is -2.64. The van der Waals surface area contributed by atoms with E-state index in [0.717, 1.165) is 24.1 Å². The highest BCUT2D eigenvalue weighted by Gasteiger charge is 2.16. The molecule has 27 heavy (non-hydrogen) atoms. The van der Waals surface area contributed by atoms with Gasteiger partial charge < -0.3 is 10.6 Å². The van der Waals surface area contributed by atoms with Crippen LogP contribution in [0.1, 0.15) is 49.9 Å². The first-order valence-electron chi connectivity index (χ1n) is 9.61. The zero-order chi connectivity index (χ0) is 19.6. The lowest BCUT2D eigenvalue weighted by molar-refractivity contribution is -0.115. The van der Waals surface area contributed by atoms with Crippen LogP contribution in [0.2, 0.25) is 0 Å². The van der Waals surface area contributed by atoms with Gasteiger partial charge in [0.15, 0.2) is 0 Å². The molecule has 0 unspecified atom stereocenters. The highest BCUT2D eigenvalue weighted by molar-refractivity contribution is 5.92. The van der Waals surface area contributed by atoms with Gasteiger partial charge in [-0.25, -0.2) is 0 Å². The molecule has 142 valence electrons. The minimum Gasteiger partial charge on any atom is -0.325 e. The van der Waals surface area contributed by atoms with Crippen molar-refractivity contribution in [1.82, 2.24) is 5.32 Å². The largest absolute Gasteiger partial charge is 0.325 e. The fourth-order valence-corrected chi connectivity index (χ4v) is 3.12. The van der Waals surface area contributed by atoms with E-state index in [9.17, 15) is 4.79 Å². The maximum Gasteiger partial charge on any atom is 0.238 e. The van der Waals surface area contributed by atoms with Crippen molar-refractivity contribution in [3.63, 3.8) is 0 Å². The summed E-state index contributed by atoms with van der Waals surface area (Å²) in [5.74, 6) is 0.302. The van der Waals surface area contributed by atoms with Crippen molar-refractivity contribution in [1.29, 1.82) is 5.26 Å². The molecule has 2 rings (SSSR count). The average molecular weight is 364 g/mol. The molecule has 0 aliphatic rings. The lowest BCUT2D eigenvalue weighted by Gasteiger charge is -2.23. The molecular formula is C23H29N3O. The van der Waals surface area contributed by atoms with Crippen molar-refractivity contribution in [3.05, 3.63) is 65.2 Å². The topological polar surface area (TPSA) is 64.9 Å². The van der Waals surface area contributed by atoms with Crippen LogP contribution in [0.4, 0.5) is 5.69 Å². The van der Waals surface area contributed by atoms with E-state index in [2.05, 4.69) is 61.7 Å². The number of hydrogen-bond acceptors (Lipinski definition) is 3. The summed E-state index contributed by atoms with van der Waals surface area (Å²) < 4.78 is 0. The fraction of sp³-hybridized carbons (Fsp3) is 0.391. The summed E-state index contributed by atoms with van der Waals surface area (Å²) in [6.45, 7) is 6.74. The van der Waals surface area contributed by atoms with Crippen LogP contribution in [0.3, 0.4) is 0 Å². The first-order chi connectivity index (χ1) is 13.0. The van der Waals surface area contributed by atoms with Crippen LogP contribution < -0.4 is 10.6 Å². The number of amides is 1. The molecule has 0 saturated heterocycles. The monoisotopic (exact) mass is 363 g/mol. The Kier molecular flexibility index (Phi) is 8.03. The summed E-state index contributed by atoms with van der Waals surface area (Å²) in [5, 5.41) is 15.0. The minimum absolute atomic E-state index is 0.0729. The molecule has 2 N–H and O–H groups in total. The molecule has 0 bridgehead atoms. The zero-order valence-electron chi connectivity index (χ0n) is 16.5. The van der Waals surface area contributed by atoms with Gasteiger partial charge in [0, 0.05) is 11.7 Å². The predicted molar refractivity (Wildman–Crippen MR) is 110 cm³/mol. The number of carbonyl (C=O) groups is 1. The Bertz CT molecular complexity index is 758. The highest BCUT2D eigenvalue weighted by atomic mass is 16.1. The van der Waals surface area contributed by atoms with Crippen LogP contribution in [0.15, 0.2) is 48.5 Å². The van der Waals surface area contributed by atoms with Gasteiger partial charge in [-0.1, -0.05) is 63.6 Å². The van der Waals surface area contributed by atoms with Gasteiger partial charge in [0.25, 0.3) is 0 Å². The van der Waals surface area contributed by atoms with Crippen molar-refractivity contribution in [2.45, 2.75) is 46.1 Å².